The van der Waals surface area contributed by atoms with Crippen molar-refractivity contribution in [1.82, 2.24) is 0 Å². The monoisotopic (exact) mass is 1360 g/mol. The summed E-state index contributed by atoms with van der Waals surface area (Å²) in [6.45, 7) is 1.24. The van der Waals surface area contributed by atoms with E-state index in [1.165, 1.54) is 19.1 Å². The first-order valence-corrected chi connectivity index (χ1v) is 31.7. The van der Waals surface area contributed by atoms with Crippen LogP contribution in [0.1, 0.15) is 22.3 Å². The van der Waals surface area contributed by atoms with Crippen molar-refractivity contribution in [3.05, 3.63) is 100 Å². The van der Waals surface area contributed by atoms with E-state index in [2.05, 4.69) is 59.7 Å². The number of hydrogen-bond acceptors (Lipinski definition) is 33. The summed E-state index contributed by atoms with van der Waals surface area (Å²) in [7, 11) is -26.5. The van der Waals surface area contributed by atoms with E-state index in [9.17, 15) is 90.5 Å². The molecule has 13 N–H and O–H groups in total. The van der Waals surface area contributed by atoms with Crippen molar-refractivity contribution < 1.29 is 119 Å². The van der Waals surface area contributed by atoms with E-state index < -0.39 is 169 Å². The predicted molar refractivity (Wildman–Crippen MR) is 299 cm³/mol. The van der Waals surface area contributed by atoms with Crippen LogP contribution >= 0.6 is 24.1 Å². The number of phenols is 2. The highest BCUT2D eigenvalue weighted by Gasteiger charge is 2.30. The molecule has 0 amide bonds. The SMILES string of the molecule is Cc1cc(N=Nc2c(S(=O)(=O)O)cc3c(S(=O)(=O)O)c(N=Nc4cc(S(=O)(=O)O)c5cc(SOOO)c(N=Nc6ccc([N+](=O)[O-])cc6S(=O)(=O)O)c(O)c5c4N)ccc3c2O)c(OCCCSOOO)cc1N=Nc1ccc(S(N)(=O)=O)cc1C(=O)O. The number of nitrogens with two attached hydrogens (primary N) is 2. The fourth-order valence-electron chi connectivity index (χ4n) is 7.64. The third kappa shape index (κ3) is 15.3. The maximum atomic E-state index is 13.2. The smallest absolute Gasteiger partial charge is 0.338 e. The zero-order valence-electron chi connectivity index (χ0n) is 43.0. The Morgan fingerprint density at radius 1 is 0.614 bits per heavy atom. The number of carboxylic acid groups (broad SMARTS) is 1. The van der Waals surface area contributed by atoms with E-state index in [1.807, 2.05) is 0 Å². The van der Waals surface area contributed by atoms with Crippen LogP contribution in [0.15, 0.2) is 149 Å². The highest BCUT2D eigenvalue weighted by atomic mass is 32.2. The van der Waals surface area contributed by atoms with Crippen molar-refractivity contribution in [3.8, 4) is 17.2 Å². The van der Waals surface area contributed by atoms with Crippen LogP contribution in [0.25, 0.3) is 21.5 Å². The number of fused-ring (bicyclic) bond motifs is 2. The minimum absolute atomic E-state index is 0.0318. The summed E-state index contributed by atoms with van der Waals surface area (Å²) in [6, 6.07) is 10.2. The lowest BCUT2D eigenvalue weighted by atomic mass is 10.0. The summed E-state index contributed by atoms with van der Waals surface area (Å²) in [5, 5.41) is 101. The zero-order valence-corrected chi connectivity index (χ0v) is 48.8. The molecule has 7 aromatic rings. The maximum absolute atomic E-state index is 13.2. The number of nitro benzene ring substituents is 1. The van der Waals surface area contributed by atoms with Crippen LogP contribution in [0, 0.1) is 17.0 Å². The van der Waals surface area contributed by atoms with Gasteiger partial charge in [0.25, 0.3) is 46.2 Å². The van der Waals surface area contributed by atoms with E-state index in [0.717, 1.165) is 42.5 Å². The summed E-state index contributed by atoms with van der Waals surface area (Å²) in [4.78, 5) is 16.1. The minimum atomic E-state index is -5.70. The molecule has 0 radical (unpaired) electrons. The first kappa shape index (κ1) is 67.1. The summed E-state index contributed by atoms with van der Waals surface area (Å²) < 4.78 is 182. The van der Waals surface area contributed by atoms with Gasteiger partial charge in [-0.1, -0.05) is 10.1 Å². The van der Waals surface area contributed by atoms with Crippen molar-refractivity contribution in [2.75, 3.05) is 18.1 Å². The molecule has 0 bridgehead atoms. The lowest BCUT2D eigenvalue weighted by Gasteiger charge is -2.15. The van der Waals surface area contributed by atoms with Gasteiger partial charge in [0.1, 0.15) is 65.1 Å². The first-order chi connectivity index (χ1) is 41.1. The Morgan fingerprint density at radius 2 is 1.20 bits per heavy atom. The molecule has 0 heterocycles. The number of phenolic OH excluding ortho intramolecular Hbond substituents is 2. The van der Waals surface area contributed by atoms with Gasteiger partial charge in [-0.15, -0.1) is 44.5 Å². The molecule has 88 heavy (non-hydrogen) atoms. The van der Waals surface area contributed by atoms with Crippen LogP contribution < -0.4 is 15.6 Å². The number of azo groups is 4. The quantitative estimate of drug-likeness (QED) is 0.00371. The molecule has 38 nitrogen and oxygen atoms in total. The minimum Gasteiger partial charge on any atom is -0.505 e. The predicted octanol–water partition coefficient (Wildman–Crippen LogP) is 9.46. The molecule has 466 valence electrons. The van der Waals surface area contributed by atoms with Crippen molar-refractivity contribution in [3.63, 3.8) is 0 Å². The molecule has 45 heteroatoms. The second kappa shape index (κ2) is 26.5. The maximum Gasteiger partial charge on any atom is 0.338 e. The standard InChI is InChI=1S/C43H35N11O27S7/c1-18-11-29(31(77-9-2-10-82-80-78-61)16-28(18)49-46-25-7-4-20(84(45,63)64)13-23(25)43(57)58)50-53-39-35(87(71,72)73)15-22-21(40(39)55)5-8-27(42(22)88(74,75)76)48-51-30-17-33(85(65,66)67)24-14-32(83-81-79-62)38(41(56)36(24)37(30)44)52-47-26-6-3-19(54(59)60)12-34(26)86(68,69)70/h3-8,11-17,55-56,61-62H,2,9-10,44H2,1H3,(H,57,58)(H2,45,63,64)(H,65,66,67)(H,68,69,70)(H,71,72,73)(H,74,75,76). The van der Waals surface area contributed by atoms with E-state index in [4.69, 9.17) is 26.1 Å². The largest absolute Gasteiger partial charge is 0.505 e. The van der Waals surface area contributed by atoms with Crippen LogP contribution in [0.2, 0.25) is 0 Å². The number of anilines is 1. The van der Waals surface area contributed by atoms with Gasteiger partial charge in [-0.2, -0.15) is 38.8 Å². The van der Waals surface area contributed by atoms with Gasteiger partial charge >= 0.3 is 5.97 Å². The molecule has 0 aliphatic carbocycles. The Kier molecular flexibility index (Phi) is 20.2. The number of primary sulfonamides is 1. The average molecular weight is 1360 g/mol. The molecule has 0 aliphatic rings. The molecule has 0 aromatic heterocycles. The molecular weight excluding hydrogens is 1330 g/mol. The number of non-ortho nitro benzene ring substituents is 1. The Morgan fingerprint density at radius 3 is 1.82 bits per heavy atom. The van der Waals surface area contributed by atoms with Gasteiger partial charge in [-0.05, 0) is 79.6 Å². The van der Waals surface area contributed by atoms with Gasteiger partial charge in [-0.3, -0.25) is 28.3 Å². The van der Waals surface area contributed by atoms with E-state index >= 15 is 0 Å². The Bertz CT molecular complexity index is 4770. The Balaban J connectivity index is 1.37. The molecule has 0 saturated heterocycles. The molecule has 0 atom stereocenters. The molecular formula is C43H35N11O27S7. The van der Waals surface area contributed by atoms with E-state index in [0.29, 0.717) is 36.3 Å². The van der Waals surface area contributed by atoms with Crippen LogP contribution in [-0.4, -0.2) is 109 Å². The van der Waals surface area contributed by atoms with Crippen molar-refractivity contribution in [2.24, 2.45) is 46.1 Å². The number of benzene rings is 7. The van der Waals surface area contributed by atoms with Crippen molar-refractivity contribution in [1.29, 1.82) is 0 Å². The van der Waals surface area contributed by atoms with Gasteiger partial charge in [0.05, 0.1) is 55.7 Å². The molecule has 0 spiro atoms. The molecule has 0 fully saturated rings. The number of nitro groups is 1. The lowest BCUT2D eigenvalue weighted by Crippen LogP contribution is -2.13. The van der Waals surface area contributed by atoms with Crippen molar-refractivity contribution in [2.45, 2.75) is 42.7 Å². The second-order valence-electron chi connectivity index (χ2n) is 17.0. The lowest BCUT2D eigenvalue weighted by molar-refractivity contribution is -0.432. The normalized spacial score (nSPS) is 12.9. The number of carboxylic acids is 1. The van der Waals surface area contributed by atoms with Crippen LogP contribution in [0.3, 0.4) is 0 Å². The zero-order chi connectivity index (χ0) is 65.0. The Hall–Kier alpha value is -8.46. The molecule has 0 unspecified atom stereocenters. The van der Waals surface area contributed by atoms with Crippen LogP contribution in [0.5, 0.6) is 17.2 Å². The summed E-state index contributed by atoms with van der Waals surface area (Å²) in [5.74, 6) is -4.17. The number of sulfonamides is 1. The number of rotatable bonds is 25. The number of aryl methyl sites for hydroxylation is 1. The van der Waals surface area contributed by atoms with Crippen LogP contribution in [-0.2, 0) is 69.2 Å². The third-order valence-corrected chi connectivity index (χ3v) is 17.2. The second-order valence-corrected chi connectivity index (χ2v) is 25.6. The first-order valence-electron chi connectivity index (χ1n) is 22.8. The molecule has 7 rings (SSSR count). The highest BCUT2D eigenvalue weighted by molar-refractivity contribution is 7.95. The number of ether oxygens (including phenoxy) is 1. The van der Waals surface area contributed by atoms with Gasteiger partial charge in [0.15, 0.2) is 11.5 Å². The van der Waals surface area contributed by atoms with Crippen molar-refractivity contribution >= 4 is 159 Å². The average Bonchev–Trinajstić information content (AvgIpc) is 0.767. The topological polar surface area (TPSA) is 610 Å². The number of nitrogen functional groups attached to an aromatic ring is 1. The number of aromatic carboxylic acids is 1. The molecule has 0 saturated carbocycles. The number of hydrogen-bond donors (Lipinski definition) is 11. The third-order valence-electron chi connectivity index (χ3n) is 11.4. The van der Waals surface area contributed by atoms with Gasteiger partial charge in [-0.25, -0.2) is 28.9 Å². The van der Waals surface area contributed by atoms with Gasteiger partial charge in [0.2, 0.25) is 10.0 Å². The van der Waals surface area contributed by atoms with E-state index in [-0.39, 0.29) is 59.2 Å². The molecule has 0 aliphatic heterocycles. The summed E-state index contributed by atoms with van der Waals surface area (Å²) in [6.07, 6.45) is 0.157. The highest BCUT2D eigenvalue weighted by Crippen LogP contribution is 2.51. The van der Waals surface area contributed by atoms with Crippen LogP contribution in [0.4, 0.5) is 56.9 Å². The number of aromatic hydroxyl groups is 2. The van der Waals surface area contributed by atoms with E-state index in [1.54, 1.807) is 0 Å². The summed E-state index contributed by atoms with van der Waals surface area (Å²) in [5.41, 5.74) is -1.00. The fraction of sp³-hybridized carbons (Fsp3) is 0.0930. The van der Waals surface area contributed by atoms with Gasteiger partial charge in [0, 0.05) is 52.2 Å². The Labute approximate surface area is 499 Å². The molecule has 7 aromatic carbocycles. The number of carbonyl (C=O) groups is 1. The van der Waals surface area contributed by atoms with Gasteiger partial charge < -0.3 is 25.8 Å². The summed E-state index contributed by atoms with van der Waals surface area (Å²) >= 11 is 0.621. The fourth-order valence-corrected chi connectivity index (χ4v) is 11.8. The number of nitrogens with zero attached hydrogens (tertiary/aromatic N) is 9.